The molecule has 0 aliphatic heterocycles. The molecule has 0 radical (unpaired) electrons. The summed E-state index contributed by atoms with van der Waals surface area (Å²) in [6.07, 6.45) is 2.44. The summed E-state index contributed by atoms with van der Waals surface area (Å²) in [6, 6.07) is 7.92. The zero-order valence-electron chi connectivity index (χ0n) is 13.5. The van der Waals surface area contributed by atoms with Crippen LogP contribution in [0.25, 0.3) is 0 Å². The summed E-state index contributed by atoms with van der Waals surface area (Å²) < 4.78 is 7.29. The minimum absolute atomic E-state index is 0.428. The maximum absolute atomic E-state index is 11.2. The highest BCUT2D eigenvalue weighted by Crippen LogP contribution is 2.17. The molecule has 118 valence electrons. The van der Waals surface area contributed by atoms with Crippen LogP contribution in [0.1, 0.15) is 48.9 Å². The molecule has 0 saturated carbocycles. The van der Waals surface area contributed by atoms with Crippen LogP contribution in [0.3, 0.4) is 0 Å². The molecule has 1 aromatic heterocycles. The molecule has 5 heteroatoms. The molecule has 1 aromatic carbocycles. The second-order valence-electron chi connectivity index (χ2n) is 5.70. The number of hydrogen-bond donors (Lipinski definition) is 0. The number of ether oxygens (including phenoxy) is 1. The van der Waals surface area contributed by atoms with Gasteiger partial charge < -0.3 is 4.74 Å². The zero-order chi connectivity index (χ0) is 15.9. The van der Waals surface area contributed by atoms with E-state index in [9.17, 15) is 4.79 Å². The summed E-state index contributed by atoms with van der Waals surface area (Å²) in [6.45, 7) is 7.74. The van der Waals surface area contributed by atoms with Gasteiger partial charge in [-0.15, -0.1) is 5.10 Å². The van der Waals surface area contributed by atoms with E-state index in [0.717, 1.165) is 36.3 Å². The molecule has 0 bridgehead atoms. The van der Waals surface area contributed by atoms with E-state index in [-0.39, 0.29) is 0 Å². The molecular formula is C17H23N3O2. The predicted molar refractivity (Wildman–Crippen MR) is 85.3 cm³/mol. The molecule has 5 nitrogen and oxygen atoms in total. The van der Waals surface area contributed by atoms with E-state index in [0.29, 0.717) is 24.6 Å². The van der Waals surface area contributed by atoms with Crippen molar-refractivity contribution in [3.63, 3.8) is 0 Å². The third-order valence-corrected chi connectivity index (χ3v) is 3.50. The first-order valence-electron chi connectivity index (χ1n) is 7.73. The second kappa shape index (κ2) is 7.73. The molecule has 0 aliphatic rings. The van der Waals surface area contributed by atoms with E-state index in [1.807, 2.05) is 35.9 Å². The van der Waals surface area contributed by atoms with Gasteiger partial charge in [-0.1, -0.05) is 31.2 Å². The smallest absolute Gasteiger partial charge is 0.172 e. The van der Waals surface area contributed by atoms with Gasteiger partial charge in [-0.25, -0.2) is 4.68 Å². The molecule has 0 aliphatic carbocycles. The number of carbonyl (C=O) groups excluding carboxylic acids is 1. The molecule has 0 spiro atoms. The van der Waals surface area contributed by atoms with Crippen LogP contribution in [-0.4, -0.2) is 27.9 Å². The summed E-state index contributed by atoms with van der Waals surface area (Å²) in [5, 5.41) is 8.09. The number of aldehydes is 1. The Hall–Kier alpha value is -2.17. The number of nitrogens with zero attached hydrogens (tertiary/aromatic N) is 3. The average molecular weight is 301 g/mol. The molecule has 2 aromatic rings. The summed E-state index contributed by atoms with van der Waals surface area (Å²) in [4.78, 5) is 11.2. The van der Waals surface area contributed by atoms with Gasteiger partial charge in [0.2, 0.25) is 0 Å². The van der Waals surface area contributed by atoms with Gasteiger partial charge in [0.15, 0.2) is 6.29 Å². The molecular weight excluding hydrogens is 278 g/mol. The monoisotopic (exact) mass is 301 g/mol. The van der Waals surface area contributed by atoms with Crippen molar-refractivity contribution in [1.29, 1.82) is 0 Å². The summed E-state index contributed by atoms with van der Waals surface area (Å²) >= 11 is 0. The fourth-order valence-electron chi connectivity index (χ4n) is 2.24. The van der Waals surface area contributed by atoms with Crippen LogP contribution in [-0.2, 0) is 13.0 Å². The van der Waals surface area contributed by atoms with Crippen molar-refractivity contribution < 1.29 is 9.53 Å². The molecule has 22 heavy (non-hydrogen) atoms. The number of benzene rings is 1. The minimum atomic E-state index is 0.428. The first-order chi connectivity index (χ1) is 10.6. The number of aryl methyl sites for hydroxylation is 1. The van der Waals surface area contributed by atoms with Crippen molar-refractivity contribution in [1.82, 2.24) is 15.0 Å². The van der Waals surface area contributed by atoms with E-state index in [4.69, 9.17) is 4.74 Å². The lowest BCUT2D eigenvalue weighted by Crippen LogP contribution is -2.09. The number of rotatable bonds is 8. The lowest BCUT2D eigenvalue weighted by Gasteiger charge is -2.09. The normalized spacial score (nSPS) is 10.9. The molecule has 0 amide bonds. The number of aromatic nitrogens is 3. The van der Waals surface area contributed by atoms with Crippen molar-refractivity contribution in [3.8, 4) is 5.75 Å². The highest BCUT2D eigenvalue weighted by atomic mass is 16.5. The fourth-order valence-corrected chi connectivity index (χ4v) is 2.24. The van der Waals surface area contributed by atoms with Gasteiger partial charge >= 0.3 is 0 Å². The lowest BCUT2D eigenvalue weighted by atomic mass is 10.1. The molecule has 0 fully saturated rings. The van der Waals surface area contributed by atoms with E-state index < -0.39 is 0 Å². The van der Waals surface area contributed by atoms with E-state index >= 15 is 0 Å². The third-order valence-electron chi connectivity index (χ3n) is 3.50. The van der Waals surface area contributed by atoms with Crippen LogP contribution >= 0.6 is 0 Å². The van der Waals surface area contributed by atoms with E-state index in [1.54, 1.807) is 0 Å². The fraction of sp³-hybridized carbons (Fsp3) is 0.471. The zero-order valence-corrected chi connectivity index (χ0v) is 13.5. The minimum Gasteiger partial charge on any atom is -0.494 e. The van der Waals surface area contributed by atoms with Crippen molar-refractivity contribution >= 4 is 6.29 Å². The molecule has 2 rings (SSSR count). The maximum Gasteiger partial charge on any atom is 0.172 e. The van der Waals surface area contributed by atoms with Gasteiger partial charge in [0.25, 0.3) is 0 Å². The second-order valence-corrected chi connectivity index (χ2v) is 5.70. The largest absolute Gasteiger partial charge is 0.494 e. The summed E-state index contributed by atoms with van der Waals surface area (Å²) in [7, 11) is 0. The van der Waals surface area contributed by atoms with Crippen molar-refractivity contribution in [2.45, 2.75) is 40.2 Å². The first kappa shape index (κ1) is 16.2. The number of hydrogen-bond acceptors (Lipinski definition) is 4. The van der Waals surface area contributed by atoms with Crippen molar-refractivity contribution in [2.75, 3.05) is 6.61 Å². The highest BCUT2D eigenvalue weighted by molar-refractivity contribution is 5.73. The Labute approximate surface area is 131 Å². The van der Waals surface area contributed by atoms with E-state index in [1.165, 1.54) is 0 Å². The Morgan fingerprint density at radius 2 is 2.00 bits per heavy atom. The Morgan fingerprint density at radius 1 is 1.27 bits per heavy atom. The maximum atomic E-state index is 11.2. The van der Waals surface area contributed by atoms with Gasteiger partial charge in [0.1, 0.15) is 11.4 Å². The highest BCUT2D eigenvalue weighted by Gasteiger charge is 2.13. The van der Waals surface area contributed by atoms with Gasteiger partial charge in [0.05, 0.1) is 12.3 Å². The molecule has 0 atom stereocenters. The lowest BCUT2D eigenvalue weighted by molar-refractivity contribution is 0.111. The van der Waals surface area contributed by atoms with Gasteiger partial charge in [-0.05, 0) is 37.0 Å². The van der Waals surface area contributed by atoms with E-state index in [2.05, 4.69) is 24.2 Å². The Balaban J connectivity index is 2.16. The van der Waals surface area contributed by atoms with Crippen LogP contribution < -0.4 is 4.74 Å². The molecule has 0 N–H and O–H groups in total. The quantitative estimate of drug-likeness (QED) is 0.703. The Kier molecular flexibility index (Phi) is 5.69. The Morgan fingerprint density at radius 3 is 2.59 bits per heavy atom. The van der Waals surface area contributed by atoms with Crippen LogP contribution in [0.4, 0.5) is 0 Å². The van der Waals surface area contributed by atoms with Gasteiger partial charge in [-0.2, -0.15) is 0 Å². The third kappa shape index (κ3) is 4.16. The predicted octanol–water partition coefficient (Wildman–Crippen LogP) is 3.13. The van der Waals surface area contributed by atoms with Crippen molar-refractivity contribution in [2.24, 2.45) is 5.92 Å². The van der Waals surface area contributed by atoms with Gasteiger partial charge in [0, 0.05) is 13.0 Å². The molecule has 0 saturated heterocycles. The topological polar surface area (TPSA) is 57.0 Å². The van der Waals surface area contributed by atoms with Crippen LogP contribution in [0.2, 0.25) is 0 Å². The first-order valence-corrected chi connectivity index (χ1v) is 7.73. The standard InChI is InChI=1S/C17H23N3O2/c1-4-22-15-7-5-14(6-8-15)11-17-16(12-21)18-19-20(17)10-9-13(2)3/h5-8,12-13H,4,9-11H2,1-3H3. The molecule has 1 heterocycles. The van der Waals surface area contributed by atoms with Crippen LogP contribution in [0, 0.1) is 5.92 Å². The summed E-state index contributed by atoms with van der Waals surface area (Å²) in [5.74, 6) is 1.44. The number of carbonyl (C=O) groups is 1. The van der Waals surface area contributed by atoms with Crippen molar-refractivity contribution in [3.05, 3.63) is 41.2 Å². The van der Waals surface area contributed by atoms with Crippen LogP contribution in [0.15, 0.2) is 24.3 Å². The molecule has 0 unspecified atom stereocenters. The van der Waals surface area contributed by atoms with Crippen LogP contribution in [0.5, 0.6) is 5.75 Å². The average Bonchev–Trinajstić information content (AvgIpc) is 2.89. The Bertz CT molecular complexity index is 603. The van der Waals surface area contributed by atoms with Gasteiger partial charge in [-0.3, -0.25) is 4.79 Å². The SMILES string of the molecule is CCOc1ccc(Cc2c(C=O)nnn2CCC(C)C)cc1. The summed E-state index contributed by atoms with van der Waals surface area (Å²) in [5.41, 5.74) is 2.41.